The van der Waals surface area contributed by atoms with Crippen molar-refractivity contribution < 1.29 is 28.6 Å². The number of piperazine rings is 1. The van der Waals surface area contributed by atoms with Crippen LogP contribution in [0.3, 0.4) is 0 Å². The van der Waals surface area contributed by atoms with Crippen LogP contribution < -0.4 is 4.74 Å². The van der Waals surface area contributed by atoms with Gasteiger partial charge in [0.15, 0.2) is 0 Å². The lowest BCUT2D eigenvalue weighted by molar-refractivity contribution is 0.0532. The van der Waals surface area contributed by atoms with E-state index in [1.165, 1.54) is 17.0 Å². The molecule has 0 saturated carbocycles. The van der Waals surface area contributed by atoms with E-state index in [1.54, 1.807) is 36.3 Å². The minimum atomic E-state index is -1.26. The summed E-state index contributed by atoms with van der Waals surface area (Å²) in [5.41, 5.74) is 0.125. The van der Waals surface area contributed by atoms with E-state index in [1.807, 2.05) is 0 Å². The van der Waals surface area contributed by atoms with Crippen molar-refractivity contribution in [1.82, 2.24) is 9.80 Å². The molecule has 1 saturated heterocycles. The zero-order valence-electron chi connectivity index (χ0n) is 15.2. The van der Waals surface area contributed by atoms with Crippen molar-refractivity contribution in [3.05, 3.63) is 65.0 Å². The van der Waals surface area contributed by atoms with Crippen LogP contribution >= 0.6 is 0 Å². The Bertz CT molecular complexity index is 905. The molecule has 8 heteroatoms. The van der Waals surface area contributed by atoms with Gasteiger partial charge < -0.3 is 19.6 Å². The number of carbonyl (C=O) groups is 3. The van der Waals surface area contributed by atoms with Gasteiger partial charge in [0.1, 0.15) is 11.6 Å². The number of amides is 2. The lowest BCUT2D eigenvalue weighted by atomic mass is 10.1. The monoisotopic (exact) mass is 386 g/mol. The quantitative estimate of drug-likeness (QED) is 0.870. The Labute approximate surface area is 160 Å². The van der Waals surface area contributed by atoms with Gasteiger partial charge in [0.05, 0.1) is 18.2 Å². The molecule has 7 nitrogen and oxygen atoms in total. The SMILES string of the molecule is COc1ccc(C(=O)N2CCN(C(=O)c3ccc(C(=O)O)cc3F)CC2)cc1. The summed E-state index contributed by atoms with van der Waals surface area (Å²) in [4.78, 5) is 39.1. The summed E-state index contributed by atoms with van der Waals surface area (Å²) in [6, 6.07) is 9.97. The highest BCUT2D eigenvalue weighted by Crippen LogP contribution is 2.17. The van der Waals surface area contributed by atoms with Crippen molar-refractivity contribution in [1.29, 1.82) is 0 Å². The van der Waals surface area contributed by atoms with Gasteiger partial charge in [0, 0.05) is 31.7 Å². The standard InChI is InChI=1S/C20H19FN2O5/c1-28-15-5-2-13(3-6-15)18(24)22-8-10-23(11-9-22)19(25)16-7-4-14(20(26)27)12-17(16)21/h2-7,12H,8-11H2,1H3,(H,26,27). The van der Waals surface area contributed by atoms with Crippen LogP contribution in [0.4, 0.5) is 4.39 Å². The van der Waals surface area contributed by atoms with Crippen LogP contribution in [0, 0.1) is 5.82 Å². The second-order valence-corrected chi connectivity index (χ2v) is 6.31. The van der Waals surface area contributed by atoms with Crippen molar-refractivity contribution in [3.8, 4) is 5.75 Å². The first kappa shape index (κ1) is 19.3. The van der Waals surface area contributed by atoms with Gasteiger partial charge in [-0.25, -0.2) is 9.18 Å². The Kier molecular flexibility index (Phi) is 5.58. The molecule has 2 aromatic rings. The summed E-state index contributed by atoms with van der Waals surface area (Å²) in [6.07, 6.45) is 0. The van der Waals surface area contributed by atoms with Gasteiger partial charge in [-0.3, -0.25) is 9.59 Å². The summed E-state index contributed by atoms with van der Waals surface area (Å²) in [6.45, 7) is 1.18. The number of halogens is 1. The second-order valence-electron chi connectivity index (χ2n) is 6.31. The zero-order valence-corrected chi connectivity index (χ0v) is 15.2. The van der Waals surface area contributed by atoms with E-state index in [2.05, 4.69) is 0 Å². The minimum absolute atomic E-state index is 0.147. The third-order valence-corrected chi connectivity index (χ3v) is 4.64. The molecular weight excluding hydrogens is 367 g/mol. The molecule has 1 aliphatic rings. The van der Waals surface area contributed by atoms with Crippen LogP contribution in [0.1, 0.15) is 31.1 Å². The molecule has 0 atom stereocenters. The van der Waals surface area contributed by atoms with Crippen LogP contribution in [0.5, 0.6) is 5.75 Å². The molecule has 0 unspecified atom stereocenters. The number of hydrogen-bond acceptors (Lipinski definition) is 4. The van der Waals surface area contributed by atoms with Gasteiger partial charge in [0.2, 0.25) is 0 Å². The van der Waals surface area contributed by atoms with E-state index in [9.17, 15) is 18.8 Å². The maximum atomic E-state index is 14.1. The van der Waals surface area contributed by atoms with Crippen LogP contribution in [0.25, 0.3) is 0 Å². The number of benzene rings is 2. The van der Waals surface area contributed by atoms with Crippen LogP contribution in [0.15, 0.2) is 42.5 Å². The van der Waals surface area contributed by atoms with Gasteiger partial charge >= 0.3 is 5.97 Å². The summed E-state index contributed by atoms with van der Waals surface area (Å²) in [7, 11) is 1.55. The number of aromatic carboxylic acids is 1. The zero-order chi connectivity index (χ0) is 20.3. The topological polar surface area (TPSA) is 87.2 Å². The normalized spacial score (nSPS) is 13.9. The molecule has 3 rings (SSSR count). The first-order valence-corrected chi connectivity index (χ1v) is 8.66. The average Bonchev–Trinajstić information content (AvgIpc) is 2.72. The summed E-state index contributed by atoms with van der Waals surface area (Å²) >= 11 is 0. The number of methoxy groups -OCH3 is 1. The van der Waals surface area contributed by atoms with E-state index in [-0.39, 0.29) is 30.1 Å². The molecule has 0 bridgehead atoms. The summed E-state index contributed by atoms with van der Waals surface area (Å²) in [5, 5.41) is 8.89. The molecular formula is C20H19FN2O5. The number of rotatable bonds is 4. The highest BCUT2D eigenvalue weighted by atomic mass is 19.1. The lowest BCUT2D eigenvalue weighted by Gasteiger charge is -2.35. The van der Waals surface area contributed by atoms with E-state index in [4.69, 9.17) is 9.84 Å². The molecule has 28 heavy (non-hydrogen) atoms. The molecule has 0 radical (unpaired) electrons. The van der Waals surface area contributed by atoms with E-state index >= 15 is 0 Å². The first-order valence-electron chi connectivity index (χ1n) is 8.66. The predicted octanol–water partition coefficient (Wildman–Crippen LogP) is 2.13. The van der Waals surface area contributed by atoms with E-state index in [0.29, 0.717) is 24.4 Å². The molecule has 0 aliphatic carbocycles. The second kappa shape index (κ2) is 8.08. The molecule has 1 N–H and O–H groups in total. The minimum Gasteiger partial charge on any atom is -0.497 e. The van der Waals surface area contributed by atoms with Crippen LogP contribution in [-0.2, 0) is 0 Å². The largest absolute Gasteiger partial charge is 0.497 e. The maximum absolute atomic E-state index is 14.1. The number of carboxylic acids is 1. The van der Waals surface area contributed by atoms with Gasteiger partial charge in [-0.1, -0.05) is 0 Å². The molecule has 1 heterocycles. The Hall–Kier alpha value is -3.42. The number of nitrogens with zero attached hydrogens (tertiary/aromatic N) is 2. The number of ether oxygens (including phenoxy) is 1. The van der Waals surface area contributed by atoms with E-state index < -0.39 is 17.7 Å². The van der Waals surface area contributed by atoms with Gasteiger partial charge in [-0.15, -0.1) is 0 Å². The molecule has 0 spiro atoms. The lowest BCUT2D eigenvalue weighted by Crippen LogP contribution is -2.50. The number of carbonyl (C=O) groups excluding carboxylic acids is 2. The number of hydrogen-bond donors (Lipinski definition) is 1. The Morgan fingerprint density at radius 2 is 1.43 bits per heavy atom. The highest BCUT2D eigenvalue weighted by molar-refractivity contribution is 5.97. The third kappa shape index (κ3) is 3.95. The van der Waals surface area contributed by atoms with Crippen molar-refractivity contribution in [2.75, 3.05) is 33.3 Å². The van der Waals surface area contributed by atoms with Crippen molar-refractivity contribution >= 4 is 17.8 Å². The molecule has 146 valence electrons. The summed E-state index contributed by atoms with van der Waals surface area (Å²) in [5.74, 6) is -2.15. The fourth-order valence-corrected chi connectivity index (χ4v) is 3.02. The molecule has 1 aliphatic heterocycles. The molecule has 2 amide bonds. The first-order chi connectivity index (χ1) is 13.4. The Morgan fingerprint density at radius 3 is 1.93 bits per heavy atom. The average molecular weight is 386 g/mol. The van der Waals surface area contributed by atoms with E-state index in [0.717, 1.165) is 6.07 Å². The van der Waals surface area contributed by atoms with Crippen molar-refractivity contribution in [3.63, 3.8) is 0 Å². The molecule has 1 fully saturated rings. The fraction of sp³-hybridized carbons (Fsp3) is 0.250. The molecule has 0 aromatic heterocycles. The van der Waals surface area contributed by atoms with Gasteiger partial charge in [0.25, 0.3) is 11.8 Å². The van der Waals surface area contributed by atoms with Gasteiger partial charge in [-0.05, 0) is 42.5 Å². The fourth-order valence-electron chi connectivity index (χ4n) is 3.02. The highest BCUT2D eigenvalue weighted by Gasteiger charge is 2.27. The molecule has 2 aromatic carbocycles. The number of carboxylic acid groups (broad SMARTS) is 1. The smallest absolute Gasteiger partial charge is 0.335 e. The van der Waals surface area contributed by atoms with Crippen molar-refractivity contribution in [2.24, 2.45) is 0 Å². The third-order valence-electron chi connectivity index (χ3n) is 4.64. The van der Waals surface area contributed by atoms with Crippen LogP contribution in [0.2, 0.25) is 0 Å². The predicted molar refractivity (Wildman–Crippen MR) is 98.2 cm³/mol. The summed E-state index contributed by atoms with van der Waals surface area (Å²) < 4.78 is 19.2. The van der Waals surface area contributed by atoms with Crippen molar-refractivity contribution in [2.45, 2.75) is 0 Å². The van der Waals surface area contributed by atoms with Crippen LogP contribution in [-0.4, -0.2) is 66.0 Å². The Morgan fingerprint density at radius 1 is 0.893 bits per heavy atom. The Balaban J connectivity index is 1.63. The maximum Gasteiger partial charge on any atom is 0.335 e. The van der Waals surface area contributed by atoms with Gasteiger partial charge in [-0.2, -0.15) is 0 Å².